The lowest BCUT2D eigenvalue weighted by molar-refractivity contribution is -0.133. The van der Waals surface area contributed by atoms with Gasteiger partial charge in [-0.05, 0) is 35.4 Å². The van der Waals surface area contributed by atoms with Crippen LogP contribution < -0.4 is 11.1 Å². The minimum atomic E-state index is -0.279. The van der Waals surface area contributed by atoms with Crippen molar-refractivity contribution in [1.29, 1.82) is 0 Å². The molecular weight excluding hydrogens is 293 g/mol. The molecule has 1 aliphatic rings. The summed E-state index contributed by atoms with van der Waals surface area (Å²) in [5.74, 6) is -0.232. The molecule has 2 aromatic carbocycles. The fourth-order valence-electron chi connectivity index (χ4n) is 2.93. The second-order valence-electron chi connectivity index (χ2n) is 5.78. The van der Waals surface area contributed by atoms with E-state index < -0.39 is 0 Å². The van der Waals surface area contributed by atoms with Crippen molar-refractivity contribution in [3.63, 3.8) is 0 Å². The molecule has 1 atom stereocenters. The number of hydrogen-bond acceptors (Lipinski definition) is 3. The lowest BCUT2D eigenvalue weighted by Crippen LogP contribution is -2.49. The average molecular weight is 313 g/mol. The molecule has 1 heterocycles. The first-order valence-corrected chi connectivity index (χ1v) is 7.73. The fourth-order valence-corrected chi connectivity index (χ4v) is 2.93. The molecule has 0 bridgehead atoms. The van der Waals surface area contributed by atoms with Crippen LogP contribution in [0.3, 0.4) is 0 Å². The highest BCUT2D eigenvalue weighted by atomic mass is 19.1. The van der Waals surface area contributed by atoms with Crippen LogP contribution in [-0.2, 0) is 11.2 Å². The number of amides is 1. The lowest BCUT2D eigenvalue weighted by atomic mass is 10.0. The van der Waals surface area contributed by atoms with Crippen LogP contribution >= 0.6 is 0 Å². The van der Waals surface area contributed by atoms with Gasteiger partial charge in [-0.2, -0.15) is 0 Å². The third-order valence-corrected chi connectivity index (χ3v) is 4.13. The first-order valence-electron chi connectivity index (χ1n) is 7.73. The van der Waals surface area contributed by atoms with Crippen molar-refractivity contribution in [2.24, 2.45) is 0 Å². The van der Waals surface area contributed by atoms with Crippen LogP contribution in [-0.4, -0.2) is 30.4 Å². The molecule has 0 aliphatic carbocycles. The Morgan fingerprint density at radius 1 is 1.26 bits per heavy atom. The molecule has 1 fully saturated rings. The fraction of sp³-hybridized carbons (Fsp3) is 0.278. The van der Waals surface area contributed by atoms with E-state index in [1.165, 1.54) is 12.1 Å². The summed E-state index contributed by atoms with van der Waals surface area (Å²) in [5, 5.41) is 3.28. The summed E-state index contributed by atoms with van der Waals surface area (Å²) in [4.78, 5) is 14.5. The summed E-state index contributed by atoms with van der Waals surface area (Å²) in [5.41, 5.74) is 8.11. The predicted octanol–water partition coefficient (Wildman–Crippen LogP) is 2.12. The van der Waals surface area contributed by atoms with E-state index in [1.54, 1.807) is 18.2 Å². The van der Waals surface area contributed by atoms with Crippen LogP contribution in [0.2, 0.25) is 0 Å². The number of benzene rings is 2. The van der Waals surface area contributed by atoms with Gasteiger partial charge in [0.25, 0.3) is 0 Å². The zero-order chi connectivity index (χ0) is 16.2. The van der Waals surface area contributed by atoms with Gasteiger partial charge in [-0.25, -0.2) is 4.39 Å². The highest BCUT2D eigenvalue weighted by molar-refractivity contribution is 5.79. The first-order chi connectivity index (χ1) is 11.1. The van der Waals surface area contributed by atoms with Crippen molar-refractivity contribution < 1.29 is 9.18 Å². The molecule has 1 aliphatic heterocycles. The number of halogens is 1. The van der Waals surface area contributed by atoms with Gasteiger partial charge in [-0.3, -0.25) is 4.79 Å². The van der Waals surface area contributed by atoms with Gasteiger partial charge < -0.3 is 16.0 Å². The number of nitrogens with one attached hydrogen (secondary N) is 1. The van der Waals surface area contributed by atoms with Crippen LogP contribution in [0.5, 0.6) is 0 Å². The van der Waals surface area contributed by atoms with E-state index in [4.69, 9.17) is 5.73 Å². The Bertz CT molecular complexity index is 687. The number of hydrogen-bond donors (Lipinski definition) is 2. The molecule has 0 saturated carbocycles. The van der Waals surface area contributed by atoms with Crippen molar-refractivity contribution in [3.8, 4) is 0 Å². The molecular formula is C18H20FN3O. The summed E-state index contributed by atoms with van der Waals surface area (Å²) in [6.45, 7) is 2.01. The third kappa shape index (κ3) is 3.68. The molecule has 2 aromatic rings. The molecule has 3 N–H and O–H groups in total. The summed E-state index contributed by atoms with van der Waals surface area (Å²) < 4.78 is 13.5. The highest BCUT2D eigenvalue weighted by Gasteiger charge is 2.27. The number of nitrogens with zero attached hydrogens (tertiary/aromatic N) is 1. The van der Waals surface area contributed by atoms with Crippen molar-refractivity contribution >= 4 is 11.6 Å². The monoisotopic (exact) mass is 313 g/mol. The zero-order valence-corrected chi connectivity index (χ0v) is 12.8. The summed E-state index contributed by atoms with van der Waals surface area (Å²) >= 11 is 0. The number of rotatable bonds is 3. The van der Waals surface area contributed by atoms with Crippen LogP contribution in [0.25, 0.3) is 0 Å². The quantitative estimate of drug-likeness (QED) is 0.854. The molecule has 1 amide bonds. The van der Waals surface area contributed by atoms with Crippen molar-refractivity contribution in [3.05, 3.63) is 65.5 Å². The molecule has 23 heavy (non-hydrogen) atoms. The molecule has 120 valence electrons. The summed E-state index contributed by atoms with van der Waals surface area (Å²) in [6, 6.07) is 13.7. The van der Waals surface area contributed by atoms with E-state index in [9.17, 15) is 9.18 Å². The Labute approximate surface area is 135 Å². The van der Waals surface area contributed by atoms with E-state index in [0.29, 0.717) is 25.2 Å². The molecule has 1 saturated heterocycles. The largest absolute Gasteiger partial charge is 0.399 e. The number of carbonyl (C=O) groups is 1. The van der Waals surface area contributed by atoms with E-state index >= 15 is 0 Å². The van der Waals surface area contributed by atoms with Crippen molar-refractivity contribution in [2.75, 3.05) is 25.4 Å². The van der Waals surface area contributed by atoms with E-state index in [2.05, 4.69) is 5.32 Å². The molecule has 0 spiro atoms. The van der Waals surface area contributed by atoms with Crippen molar-refractivity contribution in [1.82, 2.24) is 10.2 Å². The van der Waals surface area contributed by atoms with Gasteiger partial charge >= 0.3 is 0 Å². The van der Waals surface area contributed by atoms with Crippen LogP contribution in [0, 0.1) is 5.82 Å². The average Bonchev–Trinajstić information content (AvgIpc) is 2.57. The number of carbonyl (C=O) groups excluding carboxylic acids is 1. The first kappa shape index (κ1) is 15.5. The summed E-state index contributed by atoms with van der Waals surface area (Å²) in [6.07, 6.45) is 0.325. The number of piperazine rings is 1. The normalized spacial score (nSPS) is 18.0. The topological polar surface area (TPSA) is 58.4 Å². The maximum absolute atomic E-state index is 13.5. The van der Waals surface area contributed by atoms with Gasteiger partial charge in [-0.15, -0.1) is 0 Å². The van der Waals surface area contributed by atoms with Gasteiger partial charge in [0.1, 0.15) is 5.82 Å². The Balaban J connectivity index is 1.77. The second kappa shape index (κ2) is 6.79. The van der Waals surface area contributed by atoms with Crippen LogP contribution in [0.4, 0.5) is 10.1 Å². The Morgan fingerprint density at radius 2 is 2.04 bits per heavy atom. The third-order valence-electron chi connectivity index (χ3n) is 4.13. The van der Waals surface area contributed by atoms with E-state index in [1.807, 2.05) is 23.1 Å². The Kier molecular flexibility index (Phi) is 4.57. The smallest absolute Gasteiger partial charge is 0.227 e. The minimum Gasteiger partial charge on any atom is -0.399 e. The van der Waals surface area contributed by atoms with E-state index in [-0.39, 0.29) is 17.8 Å². The molecule has 1 unspecified atom stereocenters. The number of anilines is 1. The maximum Gasteiger partial charge on any atom is 0.227 e. The van der Waals surface area contributed by atoms with Crippen LogP contribution in [0.1, 0.15) is 17.2 Å². The molecule has 3 rings (SSSR count). The highest BCUT2D eigenvalue weighted by Crippen LogP contribution is 2.24. The van der Waals surface area contributed by atoms with Gasteiger partial charge in [0.05, 0.1) is 12.5 Å². The molecule has 4 nitrogen and oxygen atoms in total. The summed E-state index contributed by atoms with van der Waals surface area (Å²) in [7, 11) is 0. The molecule has 5 heteroatoms. The molecule has 0 radical (unpaired) electrons. The molecule has 0 aromatic heterocycles. The lowest BCUT2D eigenvalue weighted by Gasteiger charge is -2.36. The van der Waals surface area contributed by atoms with Gasteiger partial charge in [0.2, 0.25) is 5.91 Å². The SMILES string of the molecule is Nc1ccc(CC(=O)N2CCNCC2c2cccc(F)c2)cc1. The second-order valence-corrected chi connectivity index (χ2v) is 5.78. The van der Waals surface area contributed by atoms with Gasteiger partial charge in [0.15, 0.2) is 0 Å². The maximum atomic E-state index is 13.5. The minimum absolute atomic E-state index is 0.0468. The zero-order valence-electron chi connectivity index (χ0n) is 12.8. The standard InChI is InChI=1S/C18H20FN3O/c19-15-3-1-2-14(11-15)17-12-21-8-9-22(17)18(23)10-13-4-6-16(20)7-5-13/h1-7,11,17,21H,8-10,12,20H2. The predicted molar refractivity (Wildman–Crippen MR) is 88.3 cm³/mol. The Hall–Kier alpha value is -2.40. The number of nitrogens with two attached hydrogens (primary N) is 1. The Morgan fingerprint density at radius 3 is 2.78 bits per heavy atom. The van der Waals surface area contributed by atoms with Crippen LogP contribution in [0.15, 0.2) is 48.5 Å². The van der Waals surface area contributed by atoms with Crippen molar-refractivity contribution in [2.45, 2.75) is 12.5 Å². The van der Waals surface area contributed by atoms with Gasteiger partial charge in [-0.1, -0.05) is 24.3 Å². The number of nitrogen functional groups attached to an aromatic ring is 1. The van der Waals surface area contributed by atoms with E-state index in [0.717, 1.165) is 17.7 Å². The van der Waals surface area contributed by atoms with Gasteiger partial charge in [0, 0.05) is 25.3 Å².